The third kappa shape index (κ3) is 2.37. The molecule has 0 spiro atoms. The zero-order valence-corrected chi connectivity index (χ0v) is 12.0. The van der Waals surface area contributed by atoms with Crippen molar-refractivity contribution in [3.8, 4) is 0 Å². The summed E-state index contributed by atoms with van der Waals surface area (Å²) in [5, 5.41) is 15.4. The monoisotopic (exact) mass is 285 g/mol. The molecule has 0 saturated heterocycles. The number of anilines is 1. The number of hydrogen-bond donors (Lipinski definition) is 2. The minimum Gasteiger partial charge on any atom is -0.362 e. The summed E-state index contributed by atoms with van der Waals surface area (Å²) in [7, 11) is 0. The maximum absolute atomic E-state index is 4.42. The molecule has 2 N–H and O–H groups in total. The molecule has 2 aliphatic rings. The quantitative estimate of drug-likeness (QED) is 0.845. The third-order valence-corrected chi connectivity index (χ3v) is 4.23. The smallest absolute Gasteiger partial charge is 0.152 e. The van der Waals surface area contributed by atoms with Crippen LogP contribution in [-0.2, 0) is 32.4 Å². The molecule has 0 saturated carbocycles. The summed E-state index contributed by atoms with van der Waals surface area (Å²) in [6.45, 7) is 3.67. The van der Waals surface area contributed by atoms with Crippen LogP contribution in [0, 0.1) is 0 Å². The second kappa shape index (κ2) is 5.40. The molecule has 0 radical (unpaired) electrons. The highest BCUT2D eigenvalue weighted by atomic mass is 15.3. The summed E-state index contributed by atoms with van der Waals surface area (Å²) in [5.41, 5.74) is 2.40. The van der Waals surface area contributed by atoms with Crippen LogP contribution in [0.1, 0.15) is 29.3 Å². The van der Waals surface area contributed by atoms with E-state index in [0.29, 0.717) is 6.54 Å². The van der Waals surface area contributed by atoms with E-state index in [-0.39, 0.29) is 0 Å². The molecule has 2 aromatic rings. The zero-order chi connectivity index (χ0) is 14.1. The minimum absolute atomic E-state index is 0.671. The molecule has 2 aliphatic heterocycles. The summed E-state index contributed by atoms with van der Waals surface area (Å²) in [5.74, 6) is 3.05. The number of nitrogens with one attached hydrogen (secondary N) is 2. The maximum Gasteiger partial charge on any atom is 0.152 e. The van der Waals surface area contributed by atoms with Gasteiger partial charge in [0.05, 0.1) is 12.2 Å². The molecule has 21 heavy (non-hydrogen) atoms. The average Bonchev–Trinajstić information content (AvgIpc) is 3.02. The molecule has 0 aliphatic carbocycles. The molecule has 4 heterocycles. The van der Waals surface area contributed by atoms with E-state index in [1.807, 2.05) is 0 Å². The van der Waals surface area contributed by atoms with Crippen LogP contribution in [0.5, 0.6) is 0 Å². The van der Waals surface area contributed by atoms with Gasteiger partial charge in [0.2, 0.25) is 0 Å². The summed E-state index contributed by atoms with van der Waals surface area (Å²) < 4.78 is 2.22. The van der Waals surface area contributed by atoms with Crippen LogP contribution in [0.25, 0.3) is 0 Å². The van der Waals surface area contributed by atoms with Crippen LogP contribution in [0.3, 0.4) is 0 Å². The van der Waals surface area contributed by atoms with Gasteiger partial charge in [-0.2, -0.15) is 0 Å². The number of hydrogen-bond acceptors (Lipinski definition) is 6. The van der Waals surface area contributed by atoms with Gasteiger partial charge in [0.25, 0.3) is 0 Å². The average molecular weight is 285 g/mol. The number of rotatable bonds is 3. The van der Waals surface area contributed by atoms with E-state index >= 15 is 0 Å². The first-order chi connectivity index (χ1) is 10.4. The maximum atomic E-state index is 4.42. The van der Waals surface area contributed by atoms with Gasteiger partial charge in [-0.05, 0) is 19.4 Å². The molecule has 0 atom stereocenters. The van der Waals surface area contributed by atoms with Crippen LogP contribution in [-0.4, -0.2) is 37.8 Å². The summed E-state index contributed by atoms with van der Waals surface area (Å²) >= 11 is 0. The van der Waals surface area contributed by atoms with E-state index in [1.165, 1.54) is 12.0 Å². The number of nitrogens with zero attached hydrogens (tertiary/aromatic N) is 5. The second-order valence-electron chi connectivity index (χ2n) is 5.54. The Bertz CT molecular complexity index is 649. The Kier molecular flexibility index (Phi) is 3.27. The van der Waals surface area contributed by atoms with Gasteiger partial charge in [0.1, 0.15) is 18.0 Å². The van der Waals surface area contributed by atoms with Gasteiger partial charge in [0.15, 0.2) is 5.82 Å². The van der Waals surface area contributed by atoms with Crippen molar-refractivity contribution in [1.82, 2.24) is 30.0 Å². The highest BCUT2D eigenvalue weighted by molar-refractivity contribution is 5.46. The van der Waals surface area contributed by atoms with Crippen molar-refractivity contribution in [1.29, 1.82) is 0 Å². The molecule has 0 amide bonds. The first-order valence-corrected chi connectivity index (χ1v) is 7.60. The van der Waals surface area contributed by atoms with Crippen LogP contribution in [0.2, 0.25) is 0 Å². The van der Waals surface area contributed by atoms with Crippen molar-refractivity contribution in [2.24, 2.45) is 0 Å². The van der Waals surface area contributed by atoms with Crippen LogP contribution in [0.4, 0.5) is 5.82 Å². The largest absolute Gasteiger partial charge is 0.362 e. The lowest BCUT2D eigenvalue weighted by atomic mass is 10.1. The molecule has 0 bridgehead atoms. The van der Waals surface area contributed by atoms with E-state index < -0.39 is 0 Å². The van der Waals surface area contributed by atoms with E-state index in [4.69, 9.17) is 0 Å². The SMILES string of the molecule is c1nc2c(c(NCc3nnc4n3CCC4)n1)CCNCC2. The molecular formula is C14H19N7. The first kappa shape index (κ1) is 12.7. The van der Waals surface area contributed by atoms with Crippen molar-refractivity contribution in [3.05, 3.63) is 29.2 Å². The first-order valence-electron chi connectivity index (χ1n) is 7.60. The number of aryl methyl sites for hydroxylation is 1. The fourth-order valence-electron chi connectivity index (χ4n) is 3.13. The van der Waals surface area contributed by atoms with Gasteiger partial charge < -0.3 is 15.2 Å². The van der Waals surface area contributed by atoms with Crippen molar-refractivity contribution >= 4 is 5.82 Å². The lowest BCUT2D eigenvalue weighted by Crippen LogP contribution is -2.16. The Labute approximate surface area is 123 Å². The van der Waals surface area contributed by atoms with E-state index in [0.717, 1.165) is 62.1 Å². The van der Waals surface area contributed by atoms with E-state index in [9.17, 15) is 0 Å². The molecular weight excluding hydrogens is 266 g/mol. The summed E-state index contributed by atoms with van der Waals surface area (Å²) in [6.07, 6.45) is 5.80. The fourth-order valence-corrected chi connectivity index (χ4v) is 3.13. The molecule has 0 aromatic carbocycles. The van der Waals surface area contributed by atoms with Crippen molar-refractivity contribution in [3.63, 3.8) is 0 Å². The van der Waals surface area contributed by atoms with Crippen molar-refractivity contribution in [2.75, 3.05) is 18.4 Å². The lowest BCUT2D eigenvalue weighted by Gasteiger charge is -2.12. The van der Waals surface area contributed by atoms with Crippen molar-refractivity contribution < 1.29 is 0 Å². The second-order valence-corrected chi connectivity index (χ2v) is 5.54. The molecule has 4 rings (SSSR count). The third-order valence-electron chi connectivity index (χ3n) is 4.23. The highest BCUT2D eigenvalue weighted by Gasteiger charge is 2.18. The molecule has 110 valence electrons. The Morgan fingerprint density at radius 2 is 2.10 bits per heavy atom. The van der Waals surface area contributed by atoms with Gasteiger partial charge >= 0.3 is 0 Å². The summed E-state index contributed by atoms with van der Waals surface area (Å²) in [6, 6.07) is 0. The van der Waals surface area contributed by atoms with Crippen molar-refractivity contribution in [2.45, 2.75) is 38.8 Å². The van der Waals surface area contributed by atoms with Gasteiger partial charge in [0, 0.05) is 31.5 Å². The Morgan fingerprint density at radius 1 is 1.14 bits per heavy atom. The highest BCUT2D eigenvalue weighted by Crippen LogP contribution is 2.20. The zero-order valence-electron chi connectivity index (χ0n) is 12.0. The Hall–Kier alpha value is -2.02. The molecule has 0 unspecified atom stereocenters. The van der Waals surface area contributed by atoms with Crippen LogP contribution < -0.4 is 10.6 Å². The topological polar surface area (TPSA) is 80.6 Å². The predicted molar refractivity (Wildman–Crippen MR) is 78.0 cm³/mol. The Morgan fingerprint density at radius 3 is 3.10 bits per heavy atom. The molecule has 7 nitrogen and oxygen atoms in total. The van der Waals surface area contributed by atoms with Gasteiger partial charge in [-0.25, -0.2) is 9.97 Å². The molecule has 7 heteroatoms. The van der Waals surface area contributed by atoms with Crippen LogP contribution >= 0.6 is 0 Å². The Balaban J connectivity index is 1.54. The normalized spacial score (nSPS) is 17.1. The van der Waals surface area contributed by atoms with E-state index in [1.54, 1.807) is 6.33 Å². The van der Waals surface area contributed by atoms with E-state index in [2.05, 4.69) is 35.4 Å². The van der Waals surface area contributed by atoms with Gasteiger partial charge in [-0.3, -0.25) is 0 Å². The van der Waals surface area contributed by atoms with Crippen LogP contribution in [0.15, 0.2) is 6.33 Å². The minimum atomic E-state index is 0.671. The molecule has 0 fully saturated rings. The number of fused-ring (bicyclic) bond motifs is 2. The predicted octanol–water partition coefficient (Wildman–Crippen LogP) is 0.315. The lowest BCUT2D eigenvalue weighted by molar-refractivity contribution is 0.694. The fraction of sp³-hybridized carbons (Fsp3) is 0.571. The number of aromatic nitrogens is 5. The summed E-state index contributed by atoms with van der Waals surface area (Å²) in [4.78, 5) is 8.84. The standard InChI is InChI=1S/C14H19N7/c1-2-12-19-20-13(21(12)7-1)8-16-14-10-3-5-15-6-4-11(10)17-9-18-14/h9,15H,1-8H2,(H,16,17,18). The molecule has 2 aromatic heterocycles. The van der Waals surface area contributed by atoms with Gasteiger partial charge in [-0.1, -0.05) is 0 Å². The van der Waals surface area contributed by atoms with Gasteiger partial charge in [-0.15, -0.1) is 10.2 Å².